The first-order valence-electron chi connectivity index (χ1n) is 4.06. The third kappa shape index (κ3) is 22.5. The molecule has 0 rings (SSSR count). The molecule has 0 aliphatic rings. The maximum absolute atomic E-state index is 10.00. The van der Waals surface area contributed by atoms with Crippen LogP contribution < -0.4 is 5.73 Å². The van der Waals surface area contributed by atoms with Gasteiger partial charge in [-0.25, -0.2) is 0 Å². The summed E-state index contributed by atoms with van der Waals surface area (Å²) >= 11 is 0. The molecule has 0 radical (unpaired) electrons. The van der Waals surface area contributed by atoms with Crippen LogP contribution in [0.5, 0.6) is 0 Å². The van der Waals surface area contributed by atoms with Gasteiger partial charge in [0.1, 0.15) is 0 Å². The summed E-state index contributed by atoms with van der Waals surface area (Å²) in [6.07, 6.45) is 2.91. The molecule has 0 saturated heterocycles. The van der Waals surface area contributed by atoms with E-state index in [4.69, 9.17) is 4.55 Å². The highest BCUT2D eigenvalue weighted by Crippen LogP contribution is 1.95. The number of carbonyl (C=O) groups excluding carboxylic acids is 1. The van der Waals surface area contributed by atoms with Crippen molar-refractivity contribution in [2.75, 3.05) is 5.75 Å². The van der Waals surface area contributed by atoms with Crippen molar-refractivity contribution in [2.45, 2.75) is 20.8 Å². The van der Waals surface area contributed by atoms with Crippen molar-refractivity contribution in [1.29, 1.82) is 0 Å². The van der Waals surface area contributed by atoms with Gasteiger partial charge in [-0.1, -0.05) is 19.9 Å². The van der Waals surface area contributed by atoms with Crippen LogP contribution in [0, 0.1) is 5.92 Å². The monoisotopic (exact) mass is 223 g/mol. The second kappa shape index (κ2) is 7.52. The van der Waals surface area contributed by atoms with Crippen LogP contribution in [0.2, 0.25) is 0 Å². The second-order valence-electron chi connectivity index (χ2n) is 3.04. The standard InChI is InChI=1S/C4H7NO.C4H10O3S/c1-2-3-4(5)6;1-4(2)3-8(5,6)7/h2-3H,1H3,(H2,5,6);4H,3H2,1-2H3,(H,5,6,7). The summed E-state index contributed by atoms with van der Waals surface area (Å²) in [5.74, 6) is -0.532. The summed E-state index contributed by atoms with van der Waals surface area (Å²) in [4.78, 5) is 9.73. The van der Waals surface area contributed by atoms with Crippen LogP contribution in [-0.4, -0.2) is 24.6 Å². The van der Waals surface area contributed by atoms with Crippen molar-refractivity contribution >= 4 is 16.0 Å². The van der Waals surface area contributed by atoms with E-state index in [1.54, 1.807) is 26.8 Å². The summed E-state index contributed by atoms with van der Waals surface area (Å²) in [6, 6.07) is 0. The third-order valence-corrected chi connectivity index (χ3v) is 1.96. The molecule has 0 atom stereocenters. The average molecular weight is 223 g/mol. The number of primary amides is 1. The molecular weight excluding hydrogens is 206 g/mol. The van der Waals surface area contributed by atoms with Crippen LogP contribution in [0.15, 0.2) is 12.2 Å². The first-order valence-corrected chi connectivity index (χ1v) is 5.67. The number of carbonyl (C=O) groups is 1. The largest absolute Gasteiger partial charge is 0.366 e. The fourth-order valence-corrected chi connectivity index (χ4v) is 1.43. The lowest BCUT2D eigenvalue weighted by Crippen LogP contribution is -2.09. The molecule has 0 spiro atoms. The average Bonchev–Trinajstić information content (AvgIpc) is 1.80. The molecule has 6 heteroatoms. The van der Waals surface area contributed by atoms with Gasteiger partial charge in [0.15, 0.2) is 0 Å². The zero-order valence-corrected chi connectivity index (χ0v) is 9.41. The van der Waals surface area contributed by atoms with E-state index in [-0.39, 0.29) is 11.7 Å². The van der Waals surface area contributed by atoms with E-state index in [9.17, 15) is 13.2 Å². The molecule has 0 aromatic heterocycles. The predicted octanol–water partition coefficient (Wildman–Crippen LogP) is 0.578. The topological polar surface area (TPSA) is 97.5 Å². The molecular formula is C8H17NO4S. The zero-order valence-electron chi connectivity index (χ0n) is 8.60. The van der Waals surface area contributed by atoms with E-state index in [0.717, 1.165) is 0 Å². The van der Waals surface area contributed by atoms with Gasteiger partial charge >= 0.3 is 0 Å². The molecule has 0 heterocycles. The maximum Gasteiger partial charge on any atom is 0.265 e. The Morgan fingerprint density at radius 3 is 1.93 bits per heavy atom. The van der Waals surface area contributed by atoms with E-state index in [2.05, 4.69) is 5.73 Å². The fourth-order valence-electron chi connectivity index (χ4n) is 0.586. The summed E-state index contributed by atoms with van der Waals surface area (Å²) in [7, 11) is -3.72. The van der Waals surface area contributed by atoms with Gasteiger partial charge in [-0.15, -0.1) is 0 Å². The number of hydrogen-bond donors (Lipinski definition) is 2. The van der Waals surface area contributed by atoms with Gasteiger partial charge < -0.3 is 5.73 Å². The Bertz CT molecular complexity index is 280. The van der Waals surface area contributed by atoms with E-state index in [1.807, 2.05) is 0 Å². The van der Waals surface area contributed by atoms with Gasteiger partial charge in [0.2, 0.25) is 5.91 Å². The molecule has 0 aromatic carbocycles. The first-order chi connectivity index (χ1) is 6.19. The van der Waals surface area contributed by atoms with Crippen LogP contribution >= 0.6 is 0 Å². The molecule has 0 aromatic rings. The highest BCUT2D eigenvalue weighted by molar-refractivity contribution is 7.85. The summed E-state index contributed by atoms with van der Waals surface area (Å²) in [6.45, 7) is 5.20. The Kier molecular flexibility index (Phi) is 8.37. The minimum absolute atomic E-state index is 0.00463. The Morgan fingerprint density at radius 2 is 1.93 bits per heavy atom. The third-order valence-electron chi connectivity index (χ3n) is 0.875. The van der Waals surface area contributed by atoms with Crippen molar-refractivity contribution in [2.24, 2.45) is 11.7 Å². The Labute approximate surface area is 84.7 Å². The summed E-state index contributed by atoms with van der Waals surface area (Å²) in [5.41, 5.74) is 4.68. The number of amides is 1. The molecule has 0 aliphatic carbocycles. The number of allylic oxidation sites excluding steroid dienone is 1. The molecule has 84 valence electrons. The normalized spacial score (nSPS) is 11.2. The molecule has 0 unspecified atom stereocenters. The Hall–Kier alpha value is -0.880. The predicted molar refractivity (Wildman–Crippen MR) is 55.3 cm³/mol. The van der Waals surface area contributed by atoms with Gasteiger partial charge in [0, 0.05) is 0 Å². The van der Waals surface area contributed by atoms with Crippen LogP contribution in [0.3, 0.4) is 0 Å². The van der Waals surface area contributed by atoms with Gasteiger partial charge in [-0.05, 0) is 18.9 Å². The molecule has 0 saturated carbocycles. The van der Waals surface area contributed by atoms with Crippen molar-refractivity contribution in [3.63, 3.8) is 0 Å². The number of nitrogens with two attached hydrogens (primary N) is 1. The quantitative estimate of drug-likeness (QED) is 0.540. The van der Waals surface area contributed by atoms with Gasteiger partial charge in [-0.3, -0.25) is 9.35 Å². The number of hydrogen-bond acceptors (Lipinski definition) is 3. The van der Waals surface area contributed by atoms with Gasteiger partial charge in [-0.2, -0.15) is 8.42 Å². The fraction of sp³-hybridized carbons (Fsp3) is 0.625. The van der Waals surface area contributed by atoms with Crippen molar-refractivity contribution in [3.8, 4) is 0 Å². The lowest BCUT2D eigenvalue weighted by Gasteiger charge is -1.97. The van der Waals surface area contributed by atoms with Crippen LogP contribution in [-0.2, 0) is 14.9 Å². The van der Waals surface area contributed by atoms with Gasteiger partial charge in [0.05, 0.1) is 5.75 Å². The lowest BCUT2D eigenvalue weighted by molar-refractivity contribution is -0.113. The van der Waals surface area contributed by atoms with Crippen molar-refractivity contribution < 1.29 is 17.8 Å². The van der Waals surface area contributed by atoms with E-state index < -0.39 is 16.0 Å². The van der Waals surface area contributed by atoms with E-state index >= 15 is 0 Å². The molecule has 3 N–H and O–H groups in total. The Balaban J connectivity index is 0. The molecule has 0 bridgehead atoms. The van der Waals surface area contributed by atoms with Crippen LogP contribution in [0.25, 0.3) is 0 Å². The Morgan fingerprint density at radius 1 is 1.50 bits per heavy atom. The molecule has 5 nitrogen and oxygen atoms in total. The highest BCUT2D eigenvalue weighted by atomic mass is 32.2. The number of rotatable bonds is 3. The van der Waals surface area contributed by atoms with E-state index in [0.29, 0.717) is 0 Å². The van der Waals surface area contributed by atoms with Crippen molar-refractivity contribution in [3.05, 3.63) is 12.2 Å². The molecule has 0 aliphatic heterocycles. The molecule has 0 fully saturated rings. The minimum Gasteiger partial charge on any atom is -0.366 e. The minimum atomic E-state index is -3.72. The van der Waals surface area contributed by atoms with Gasteiger partial charge in [0.25, 0.3) is 10.1 Å². The SMILES string of the molecule is CC(C)CS(=O)(=O)O.CC=CC(N)=O. The molecule has 1 amide bonds. The maximum atomic E-state index is 10.00. The van der Waals surface area contributed by atoms with Crippen LogP contribution in [0.4, 0.5) is 0 Å². The zero-order chi connectivity index (χ0) is 11.8. The van der Waals surface area contributed by atoms with Crippen LogP contribution in [0.1, 0.15) is 20.8 Å². The summed E-state index contributed by atoms with van der Waals surface area (Å²) in [5, 5.41) is 0. The first kappa shape index (κ1) is 15.6. The smallest absolute Gasteiger partial charge is 0.265 e. The van der Waals surface area contributed by atoms with Crippen molar-refractivity contribution in [1.82, 2.24) is 0 Å². The highest BCUT2D eigenvalue weighted by Gasteiger charge is 2.05. The summed E-state index contributed by atoms with van der Waals surface area (Å²) < 4.78 is 28.2. The van der Waals surface area contributed by atoms with E-state index in [1.165, 1.54) is 6.08 Å². The molecule has 14 heavy (non-hydrogen) atoms. The lowest BCUT2D eigenvalue weighted by atomic mass is 10.3. The second-order valence-corrected chi connectivity index (χ2v) is 4.54.